The molecule has 3 rings (SSSR count). The smallest absolute Gasteiger partial charge is 0.136 e. The molecule has 2 aromatic rings. The van der Waals surface area contributed by atoms with Gasteiger partial charge in [0.2, 0.25) is 0 Å². The van der Waals surface area contributed by atoms with Crippen molar-refractivity contribution in [2.24, 2.45) is 0 Å². The standard InChI is InChI=1S/C18H14ClF2N/c1-11-7-8-14(12-5-3-2-4-6-12)18(22-11)17-15(20)9-13(19)10-16(17)21/h2-6,9-10,22H,1,7-8H2. The zero-order valence-corrected chi connectivity index (χ0v) is 12.6. The molecule has 1 aliphatic heterocycles. The molecule has 0 aromatic heterocycles. The third-order valence-electron chi connectivity index (χ3n) is 3.66. The monoisotopic (exact) mass is 317 g/mol. The van der Waals surface area contributed by atoms with Crippen LogP contribution in [0.4, 0.5) is 8.78 Å². The predicted octanol–water partition coefficient (Wildman–Crippen LogP) is 5.38. The molecule has 0 amide bonds. The fourth-order valence-corrected chi connectivity index (χ4v) is 2.83. The summed E-state index contributed by atoms with van der Waals surface area (Å²) in [5, 5.41) is 3.08. The third-order valence-corrected chi connectivity index (χ3v) is 3.88. The largest absolute Gasteiger partial charge is 0.359 e. The third kappa shape index (κ3) is 2.77. The number of benzene rings is 2. The van der Waals surface area contributed by atoms with Crippen molar-refractivity contribution in [1.82, 2.24) is 5.32 Å². The molecule has 0 radical (unpaired) electrons. The van der Waals surface area contributed by atoms with Gasteiger partial charge in [-0.15, -0.1) is 0 Å². The molecule has 2 aromatic carbocycles. The Morgan fingerprint density at radius 1 is 1.00 bits per heavy atom. The van der Waals surface area contributed by atoms with Gasteiger partial charge in [0.05, 0.1) is 11.3 Å². The van der Waals surface area contributed by atoms with E-state index in [9.17, 15) is 8.78 Å². The van der Waals surface area contributed by atoms with Gasteiger partial charge in [0.1, 0.15) is 11.6 Å². The number of hydrogen-bond donors (Lipinski definition) is 1. The highest BCUT2D eigenvalue weighted by atomic mass is 35.5. The van der Waals surface area contributed by atoms with E-state index in [0.717, 1.165) is 35.4 Å². The molecule has 0 fully saturated rings. The fraction of sp³-hybridized carbons (Fsp3) is 0.111. The topological polar surface area (TPSA) is 12.0 Å². The van der Waals surface area contributed by atoms with Crippen LogP contribution in [0.25, 0.3) is 11.3 Å². The summed E-state index contributed by atoms with van der Waals surface area (Å²) in [6.07, 6.45) is 1.40. The number of hydrogen-bond acceptors (Lipinski definition) is 1. The lowest BCUT2D eigenvalue weighted by atomic mass is 9.91. The lowest BCUT2D eigenvalue weighted by Gasteiger charge is -2.25. The van der Waals surface area contributed by atoms with Crippen molar-refractivity contribution in [2.75, 3.05) is 0 Å². The van der Waals surface area contributed by atoms with Crippen LogP contribution in [-0.2, 0) is 0 Å². The molecule has 0 saturated carbocycles. The maximum atomic E-state index is 14.3. The van der Waals surface area contributed by atoms with Crippen molar-refractivity contribution < 1.29 is 8.78 Å². The first-order chi connectivity index (χ1) is 10.6. The maximum absolute atomic E-state index is 14.3. The Hall–Kier alpha value is -2.13. The van der Waals surface area contributed by atoms with Gasteiger partial charge in [-0.2, -0.15) is 0 Å². The Bertz CT molecular complexity index is 743. The van der Waals surface area contributed by atoms with E-state index in [-0.39, 0.29) is 10.6 Å². The lowest BCUT2D eigenvalue weighted by Crippen LogP contribution is -2.19. The highest BCUT2D eigenvalue weighted by Gasteiger charge is 2.23. The highest BCUT2D eigenvalue weighted by molar-refractivity contribution is 6.30. The Balaban J connectivity index is 2.23. The number of allylic oxidation sites excluding steroid dienone is 2. The van der Waals surface area contributed by atoms with Crippen molar-refractivity contribution >= 4 is 22.9 Å². The van der Waals surface area contributed by atoms with Crippen LogP contribution in [-0.4, -0.2) is 0 Å². The Morgan fingerprint density at radius 3 is 2.27 bits per heavy atom. The van der Waals surface area contributed by atoms with Crippen molar-refractivity contribution in [2.45, 2.75) is 12.8 Å². The van der Waals surface area contributed by atoms with E-state index in [4.69, 9.17) is 11.6 Å². The van der Waals surface area contributed by atoms with Gasteiger partial charge in [-0.3, -0.25) is 0 Å². The van der Waals surface area contributed by atoms with Crippen LogP contribution >= 0.6 is 11.6 Å². The summed E-state index contributed by atoms with van der Waals surface area (Å²) in [4.78, 5) is 0. The first-order valence-electron chi connectivity index (χ1n) is 6.94. The van der Waals surface area contributed by atoms with Crippen LogP contribution in [0, 0.1) is 11.6 Å². The van der Waals surface area contributed by atoms with E-state index in [1.165, 1.54) is 0 Å². The summed E-state index contributed by atoms with van der Waals surface area (Å²) in [6, 6.07) is 11.8. The normalized spacial score (nSPS) is 15.0. The molecular formula is C18H14ClF2N. The number of halogens is 3. The summed E-state index contributed by atoms with van der Waals surface area (Å²) in [5.74, 6) is -1.37. The van der Waals surface area contributed by atoms with E-state index < -0.39 is 11.6 Å². The molecule has 0 saturated heterocycles. The average molecular weight is 318 g/mol. The minimum Gasteiger partial charge on any atom is -0.359 e. The zero-order chi connectivity index (χ0) is 15.7. The average Bonchev–Trinajstić information content (AvgIpc) is 2.47. The predicted molar refractivity (Wildman–Crippen MR) is 86.1 cm³/mol. The van der Waals surface area contributed by atoms with Gasteiger partial charge in [0.25, 0.3) is 0 Å². The molecule has 0 spiro atoms. The molecule has 1 nitrogen and oxygen atoms in total. The van der Waals surface area contributed by atoms with Crippen LogP contribution < -0.4 is 5.32 Å². The second-order valence-corrected chi connectivity index (χ2v) is 5.63. The maximum Gasteiger partial charge on any atom is 0.136 e. The Morgan fingerprint density at radius 2 is 1.64 bits per heavy atom. The van der Waals surface area contributed by atoms with E-state index in [2.05, 4.69) is 11.9 Å². The molecule has 112 valence electrons. The minimum atomic E-state index is -0.685. The van der Waals surface area contributed by atoms with Gasteiger partial charge in [0, 0.05) is 10.7 Å². The Kier molecular flexibility index (Phi) is 3.99. The van der Waals surface area contributed by atoms with Crippen LogP contribution in [0.2, 0.25) is 5.02 Å². The summed E-state index contributed by atoms with van der Waals surface area (Å²) < 4.78 is 28.6. The minimum absolute atomic E-state index is 0.0373. The van der Waals surface area contributed by atoms with Gasteiger partial charge in [-0.1, -0.05) is 48.5 Å². The molecule has 0 aliphatic carbocycles. The van der Waals surface area contributed by atoms with E-state index >= 15 is 0 Å². The first-order valence-corrected chi connectivity index (χ1v) is 7.32. The summed E-state index contributed by atoms with van der Waals surface area (Å²) in [5.41, 5.74) is 2.88. The molecule has 4 heteroatoms. The molecule has 1 heterocycles. The molecular weight excluding hydrogens is 304 g/mol. The second-order valence-electron chi connectivity index (χ2n) is 5.19. The van der Waals surface area contributed by atoms with Crippen LogP contribution in [0.1, 0.15) is 24.0 Å². The second kappa shape index (κ2) is 5.93. The summed E-state index contributed by atoms with van der Waals surface area (Å²) in [7, 11) is 0. The van der Waals surface area contributed by atoms with Gasteiger partial charge in [-0.05, 0) is 36.1 Å². The number of nitrogens with one attached hydrogen (secondary N) is 1. The zero-order valence-electron chi connectivity index (χ0n) is 11.8. The van der Waals surface area contributed by atoms with Crippen molar-refractivity contribution in [1.29, 1.82) is 0 Å². The van der Waals surface area contributed by atoms with E-state index in [0.29, 0.717) is 12.1 Å². The van der Waals surface area contributed by atoms with E-state index in [1.54, 1.807) is 0 Å². The van der Waals surface area contributed by atoms with Gasteiger partial charge in [-0.25, -0.2) is 8.78 Å². The van der Waals surface area contributed by atoms with Crippen LogP contribution in [0.5, 0.6) is 0 Å². The number of rotatable bonds is 2. The molecule has 1 N–H and O–H groups in total. The fourth-order valence-electron chi connectivity index (χ4n) is 2.64. The van der Waals surface area contributed by atoms with Crippen molar-refractivity contribution in [3.63, 3.8) is 0 Å². The Labute approximate surface area is 132 Å². The van der Waals surface area contributed by atoms with Crippen molar-refractivity contribution in [3.8, 4) is 0 Å². The van der Waals surface area contributed by atoms with E-state index in [1.807, 2.05) is 30.3 Å². The van der Waals surface area contributed by atoms with Gasteiger partial charge >= 0.3 is 0 Å². The van der Waals surface area contributed by atoms with Gasteiger partial charge < -0.3 is 5.32 Å². The van der Waals surface area contributed by atoms with Crippen molar-refractivity contribution in [3.05, 3.63) is 82.5 Å². The molecule has 0 unspecified atom stereocenters. The first kappa shape index (κ1) is 14.8. The lowest BCUT2D eigenvalue weighted by molar-refractivity contribution is 0.574. The summed E-state index contributed by atoms with van der Waals surface area (Å²) >= 11 is 5.71. The molecule has 22 heavy (non-hydrogen) atoms. The highest BCUT2D eigenvalue weighted by Crippen LogP contribution is 2.36. The van der Waals surface area contributed by atoms with Crippen LogP contribution in [0.3, 0.4) is 0 Å². The quantitative estimate of drug-likeness (QED) is 0.783. The molecule has 1 aliphatic rings. The SMILES string of the molecule is C=C1CCC(c2ccccc2)=C(c2c(F)cc(Cl)cc2F)N1. The van der Waals surface area contributed by atoms with Crippen LogP contribution in [0.15, 0.2) is 54.7 Å². The molecule has 0 atom stereocenters. The van der Waals surface area contributed by atoms with Gasteiger partial charge in [0.15, 0.2) is 0 Å². The molecule has 0 bridgehead atoms. The summed E-state index contributed by atoms with van der Waals surface area (Å²) in [6.45, 7) is 3.88.